The number of rotatable bonds is 10. The fourth-order valence-corrected chi connectivity index (χ4v) is 19.5. The van der Waals surface area contributed by atoms with E-state index in [1.165, 1.54) is 64.2 Å². The van der Waals surface area contributed by atoms with Gasteiger partial charge in [0.05, 0.1) is 0 Å². The van der Waals surface area contributed by atoms with Gasteiger partial charge in [-0.2, -0.15) is 0 Å². The van der Waals surface area contributed by atoms with Gasteiger partial charge in [0.25, 0.3) is 0 Å². The van der Waals surface area contributed by atoms with Crippen LogP contribution in [0.3, 0.4) is 0 Å². The van der Waals surface area contributed by atoms with Gasteiger partial charge < -0.3 is 17.1 Å². The first kappa shape index (κ1) is 23.8. The molecule has 2 fully saturated rings. The molecule has 0 radical (unpaired) electrons. The monoisotopic (exact) mass is 432 g/mol. The SMILES string of the molecule is CCO[Si](C)(C)O[Si](O[Si](C)(C)OCC)(C1CCCCC1)C1CCCCC1. The predicted molar refractivity (Wildman–Crippen MR) is 120 cm³/mol. The van der Waals surface area contributed by atoms with Crippen LogP contribution >= 0.6 is 0 Å². The van der Waals surface area contributed by atoms with E-state index < -0.39 is 25.7 Å². The lowest BCUT2D eigenvalue weighted by Gasteiger charge is -2.51. The summed E-state index contributed by atoms with van der Waals surface area (Å²) in [5.74, 6) is 0. The summed E-state index contributed by atoms with van der Waals surface area (Å²) in [4.78, 5) is 0. The van der Waals surface area contributed by atoms with Gasteiger partial charge in [-0.05, 0) is 65.7 Å². The van der Waals surface area contributed by atoms with E-state index in [0.29, 0.717) is 11.1 Å². The van der Waals surface area contributed by atoms with Crippen LogP contribution in [0.2, 0.25) is 37.3 Å². The molecular formula is C20H44O4Si3. The molecule has 7 heteroatoms. The lowest BCUT2D eigenvalue weighted by Crippen LogP contribution is -2.63. The molecule has 0 N–H and O–H groups in total. The van der Waals surface area contributed by atoms with E-state index in [4.69, 9.17) is 17.1 Å². The Morgan fingerprint density at radius 3 is 1.22 bits per heavy atom. The summed E-state index contributed by atoms with van der Waals surface area (Å²) < 4.78 is 26.8. The van der Waals surface area contributed by atoms with Crippen molar-refractivity contribution in [3.05, 3.63) is 0 Å². The van der Waals surface area contributed by atoms with Crippen LogP contribution in [0.5, 0.6) is 0 Å². The molecule has 0 aromatic carbocycles. The molecule has 0 atom stereocenters. The van der Waals surface area contributed by atoms with E-state index in [1.54, 1.807) is 0 Å². The predicted octanol–water partition coefficient (Wildman–Crippen LogP) is 6.61. The first-order valence-corrected chi connectivity index (χ1v) is 19.0. The molecule has 2 aliphatic rings. The topological polar surface area (TPSA) is 36.9 Å². The molecule has 27 heavy (non-hydrogen) atoms. The largest absolute Gasteiger partial charge is 0.415 e. The lowest BCUT2D eigenvalue weighted by molar-refractivity contribution is 0.185. The second kappa shape index (κ2) is 10.5. The van der Waals surface area contributed by atoms with Crippen LogP contribution in [0, 0.1) is 0 Å². The second-order valence-electron chi connectivity index (χ2n) is 9.26. The van der Waals surface area contributed by atoms with E-state index >= 15 is 0 Å². The molecule has 0 unspecified atom stereocenters. The van der Waals surface area contributed by atoms with Gasteiger partial charge in [-0.3, -0.25) is 0 Å². The van der Waals surface area contributed by atoms with Crippen molar-refractivity contribution in [2.75, 3.05) is 13.2 Å². The second-order valence-corrected chi connectivity index (χ2v) is 20.1. The minimum absolute atomic E-state index is 0.605. The smallest absolute Gasteiger partial charge is 0.327 e. The minimum Gasteiger partial charge on any atom is -0.415 e. The van der Waals surface area contributed by atoms with Gasteiger partial charge in [0, 0.05) is 24.3 Å². The van der Waals surface area contributed by atoms with Crippen molar-refractivity contribution in [1.29, 1.82) is 0 Å². The number of hydrogen-bond donors (Lipinski definition) is 0. The Bertz CT molecular complexity index is 393. The van der Waals surface area contributed by atoms with E-state index in [-0.39, 0.29) is 0 Å². The quantitative estimate of drug-likeness (QED) is 0.364. The summed E-state index contributed by atoms with van der Waals surface area (Å²) in [6.45, 7) is 14.5. The summed E-state index contributed by atoms with van der Waals surface area (Å²) in [6.07, 6.45) is 13.1. The molecule has 0 spiro atoms. The van der Waals surface area contributed by atoms with Crippen molar-refractivity contribution in [1.82, 2.24) is 0 Å². The molecule has 0 heterocycles. The van der Waals surface area contributed by atoms with E-state index in [2.05, 4.69) is 40.0 Å². The molecular weight excluding hydrogens is 388 g/mol. The van der Waals surface area contributed by atoms with Crippen LogP contribution in [-0.2, 0) is 17.1 Å². The lowest BCUT2D eigenvalue weighted by atomic mass is 9.99. The van der Waals surface area contributed by atoms with Crippen LogP contribution in [0.1, 0.15) is 78.1 Å². The Morgan fingerprint density at radius 2 is 0.926 bits per heavy atom. The van der Waals surface area contributed by atoms with E-state index in [9.17, 15) is 0 Å². The van der Waals surface area contributed by atoms with Crippen LogP contribution in [0.15, 0.2) is 0 Å². The molecule has 0 bridgehead atoms. The van der Waals surface area contributed by atoms with Gasteiger partial charge in [0.1, 0.15) is 0 Å². The van der Waals surface area contributed by atoms with Crippen molar-refractivity contribution >= 4 is 25.7 Å². The van der Waals surface area contributed by atoms with Crippen molar-refractivity contribution in [3.63, 3.8) is 0 Å². The van der Waals surface area contributed by atoms with Crippen molar-refractivity contribution in [2.24, 2.45) is 0 Å². The summed E-state index contributed by atoms with van der Waals surface area (Å²) in [5.41, 5.74) is 1.21. The van der Waals surface area contributed by atoms with Crippen molar-refractivity contribution in [2.45, 2.75) is 115 Å². The molecule has 4 nitrogen and oxygen atoms in total. The third kappa shape index (κ3) is 6.76. The van der Waals surface area contributed by atoms with Crippen LogP contribution in [-0.4, -0.2) is 38.9 Å². The van der Waals surface area contributed by atoms with E-state index in [0.717, 1.165) is 13.2 Å². The molecule has 0 aliphatic heterocycles. The fraction of sp³-hybridized carbons (Fsp3) is 1.00. The van der Waals surface area contributed by atoms with Crippen LogP contribution in [0.4, 0.5) is 0 Å². The standard InChI is InChI=1S/C20H44O4Si3/c1-7-21-25(3,4)23-27(19-15-11-9-12-16-19,20-17-13-10-14-18-20)24-26(5,6)22-8-2/h19-20H,7-18H2,1-6H3. The summed E-state index contributed by atoms with van der Waals surface area (Å²) in [6, 6.07) is 0. The Balaban J connectivity index is 2.41. The Labute approximate surface area is 171 Å². The zero-order valence-corrected chi connectivity index (χ0v) is 21.8. The zero-order chi connectivity index (χ0) is 20.0. The third-order valence-electron chi connectivity index (χ3n) is 6.14. The highest BCUT2D eigenvalue weighted by Crippen LogP contribution is 2.51. The maximum atomic E-state index is 7.22. The molecule has 2 aliphatic carbocycles. The van der Waals surface area contributed by atoms with Gasteiger partial charge in [-0.25, -0.2) is 0 Å². The van der Waals surface area contributed by atoms with Gasteiger partial charge in [-0.15, -0.1) is 0 Å². The Morgan fingerprint density at radius 1 is 0.593 bits per heavy atom. The summed E-state index contributed by atoms with van der Waals surface area (Å²) in [5, 5.41) is 0. The average molecular weight is 433 g/mol. The first-order chi connectivity index (χ1) is 12.7. The van der Waals surface area contributed by atoms with Gasteiger partial charge in [0.15, 0.2) is 0 Å². The zero-order valence-electron chi connectivity index (χ0n) is 18.8. The first-order valence-electron chi connectivity index (χ1n) is 11.4. The normalized spacial score (nSPS) is 21.6. The minimum atomic E-state index is -2.47. The summed E-state index contributed by atoms with van der Waals surface area (Å²) >= 11 is 0. The van der Waals surface area contributed by atoms with Crippen LogP contribution in [0.25, 0.3) is 0 Å². The van der Waals surface area contributed by atoms with Gasteiger partial charge >= 0.3 is 25.7 Å². The van der Waals surface area contributed by atoms with E-state index in [1.807, 2.05) is 0 Å². The molecule has 0 saturated heterocycles. The molecule has 2 saturated carbocycles. The summed E-state index contributed by atoms with van der Waals surface area (Å²) in [7, 11) is -6.92. The Kier molecular flexibility index (Phi) is 9.24. The maximum absolute atomic E-state index is 7.22. The maximum Gasteiger partial charge on any atom is 0.327 e. The number of hydrogen-bond acceptors (Lipinski definition) is 4. The highest BCUT2D eigenvalue weighted by atomic mass is 28.5. The highest BCUT2D eigenvalue weighted by Gasteiger charge is 2.58. The van der Waals surface area contributed by atoms with Crippen molar-refractivity contribution in [3.8, 4) is 0 Å². The molecule has 160 valence electrons. The third-order valence-corrected chi connectivity index (χ3v) is 18.0. The molecule has 0 aromatic rings. The average Bonchev–Trinajstić information content (AvgIpc) is 2.62. The van der Waals surface area contributed by atoms with Crippen molar-refractivity contribution < 1.29 is 17.1 Å². The highest BCUT2D eigenvalue weighted by molar-refractivity contribution is 6.87. The molecule has 0 amide bonds. The van der Waals surface area contributed by atoms with Gasteiger partial charge in [0.2, 0.25) is 0 Å². The Hall–Kier alpha value is 0.491. The van der Waals surface area contributed by atoms with Gasteiger partial charge in [-0.1, -0.05) is 38.5 Å². The molecule has 2 rings (SSSR count). The van der Waals surface area contributed by atoms with Crippen LogP contribution < -0.4 is 0 Å². The fourth-order valence-electron chi connectivity index (χ4n) is 5.22. The molecule has 0 aromatic heterocycles.